The summed E-state index contributed by atoms with van der Waals surface area (Å²) in [6.45, 7) is 3.00. The first-order valence-corrected chi connectivity index (χ1v) is 8.46. The standard InChI is InChI=1S/C17H18Cl2N2O5/c1-17(2)6-12(22)14(15(25)20-7-13(23)24)16(26)21(17)8-9-3-4-10(18)11(19)5-9/h3-5,22H,6-8H2,1-2H3,(H,20,25)(H,23,24). The number of carbonyl (C=O) groups is 3. The van der Waals surface area contributed by atoms with E-state index in [1.807, 2.05) is 0 Å². The Morgan fingerprint density at radius 3 is 2.50 bits per heavy atom. The van der Waals surface area contributed by atoms with E-state index < -0.39 is 35.4 Å². The molecular formula is C17H18Cl2N2O5. The quantitative estimate of drug-likeness (QED) is 0.658. The average molecular weight is 401 g/mol. The number of nitrogens with zero attached hydrogens (tertiary/aromatic N) is 1. The van der Waals surface area contributed by atoms with Gasteiger partial charge in [-0.1, -0.05) is 29.3 Å². The lowest BCUT2D eigenvalue weighted by atomic mass is 9.88. The molecule has 0 unspecified atom stereocenters. The van der Waals surface area contributed by atoms with Gasteiger partial charge in [-0.25, -0.2) is 0 Å². The lowest BCUT2D eigenvalue weighted by molar-refractivity contribution is -0.140. The molecule has 0 atom stereocenters. The highest BCUT2D eigenvalue weighted by atomic mass is 35.5. The van der Waals surface area contributed by atoms with Crippen molar-refractivity contribution in [3.05, 3.63) is 45.1 Å². The van der Waals surface area contributed by atoms with Gasteiger partial charge in [0.25, 0.3) is 11.8 Å². The Labute approximate surface area is 160 Å². The molecule has 3 N–H and O–H groups in total. The van der Waals surface area contributed by atoms with Crippen molar-refractivity contribution in [3.63, 3.8) is 0 Å². The number of nitrogens with one attached hydrogen (secondary N) is 1. The van der Waals surface area contributed by atoms with Crippen LogP contribution in [0.15, 0.2) is 29.5 Å². The van der Waals surface area contributed by atoms with Crippen LogP contribution >= 0.6 is 23.2 Å². The molecule has 0 saturated carbocycles. The molecule has 2 rings (SSSR count). The van der Waals surface area contributed by atoms with Gasteiger partial charge in [-0.2, -0.15) is 0 Å². The molecule has 2 amide bonds. The summed E-state index contributed by atoms with van der Waals surface area (Å²) in [4.78, 5) is 37.0. The van der Waals surface area contributed by atoms with Crippen LogP contribution in [0.4, 0.5) is 0 Å². The second kappa shape index (κ2) is 7.55. The number of carboxylic acid groups (broad SMARTS) is 1. The third-order valence-corrected chi connectivity index (χ3v) is 4.77. The molecule has 140 valence electrons. The number of aliphatic hydroxyl groups is 1. The van der Waals surface area contributed by atoms with Crippen LogP contribution in [0.25, 0.3) is 0 Å². The maximum atomic E-state index is 12.8. The molecule has 0 aliphatic carbocycles. The average Bonchev–Trinajstić information content (AvgIpc) is 2.52. The van der Waals surface area contributed by atoms with Crippen molar-refractivity contribution in [2.45, 2.75) is 32.4 Å². The van der Waals surface area contributed by atoms with Crippen molar-refractivity contribution < 1.29 is 24.6 Å². The summed E-state index contributed by atoms with van der Waals surface area (Å²) in [5, 5.41) is 21.6. The zero-order chi connectivity index (χ0) is 19.6. The van der Waals surface area contributed by atoms with Crippen LogP contribution in [0.5, 0.6) is 0 Å². The van der Waals surface area contributed by atoms with Gasteiger partial charge >= 0.3 is 5.97 Å². The minimum Gasteiger partial charge on any atom is -0.511 e. The Bertz CT molecular complexity index is 804. The topological polar surface area (TPSA) is 107 Å². The van der Waals surface area contributed by atoms with E-state index >= 15 is 0 Å². The van der Waals surface area contributed by atoms with Gasteiger partial charge in [0, 0.05) is 18.5 Å². The fourth-order valence-corrected chi connectivity index (χ4v) is 3.03. The van der Waals surface area contributed by atoms with Crippen LogP contribution in [-0.2, 0) is 20.9 Å². The molecule has 0 radical (unpaired) electrons. The fraction of sp³-hybridized carbons (Fsp3) is 0.353. The van der Waals surface area contributed by atoms with Crippen LogP contribution in [0.1, 0.15) is 25.8 Å². The predicted molar refractivity (Wildman–Crippen MR) is 96.0 cm³/mol. The van der Waals surface area contributed by atoms with Gasteiger partial charge in [0.1, 0.15) is 17.9 Å². The summed E-state index contributed by atoms with van der Waals surface area (Å²) in [6.07, 6.45) is 0.0515. The van der Waals surface area contributed by atoms with Gasteiger partial charge < -0.3 is 20.4 Å². The number of aliphatic hydroxyl groups excluding tert-OH is 1. The van der Waals surface area contributed by atoms with E-state index in [0.717, 1.165) is 0 Å². The second-order valence-corrected chi connectivity index (χ2v) is 7.34. The number of amides is 2. The third kappa shape index (κ3) is 4.28. The second-order valence-electron chi connectivity index (χ2n) is 6.53. The van der Waals surface area contributed by atoms with E-state index in [4.69, 9.17) is 28.3 Å². The Morgan fingerprint density at radius 2 is 1.92 bits per heavy atom. The van der Waals surface area contributed by atoms with E-state index in [1.54, 1.807) is 32.0 Å². The summed E-state index contributed by atoms with van der Waals surface area (Å²) in [5.74, 6) is -3.24. The summed E-state index contributed by atoms with van der Waals surface area (Å²) >= 11 is 11.9. The highest BCUT2D eigenvalue weighted by Crippen LogP contribution is 2.33. The summed E-state index contributed by atoms with van der Waals surface area (Å²) in [6, 6.07) is 4.93. The number of halogens is 2. The van der Waals surface area contributed by atoms with Gasteiger partial charge in [0.05, 0.1) is 10.0 Å². The summed E-state index contributed by atoms with van der Waals surface area (Å²) < 4.78 is 0. The number of rotatable bonds is 5. The zero-order valence-corrected chi connectivity index (χ0v) is 15.7. The molecule has 1 aromatic carbocycles. The minimum absolute atomic E-state index is 0.0515. The monoisotopic (exact) mass is 400 g/mol. The Kier molecular flexibility index (Phi) is 5.83. The number of carboxylic acids is 1. The molecule has 7 nitrogen and oxygen atoms in total. The molecule has 9 heteroatoms. The maximum absolute atomic E-state index is 12.8. The molecule has 26 heavy (non-hydrogen) atoms. The molecule has 0 fully saturated rings. The SMILES string of the molecule is CC1(C)CC(O)=C(C(=O)NCC(=O)O)C(=O)N1Cc1ccc(Cl)c(Cl)c1. The van der Waals surface area contributed by atoms with E-state index in [9.17, 15) is 19.5 Å². The Morgan fingerprint density at radius 1 is 1.27 bits per heavy atom. The van der Waals surface area contributed by atoms with Crippen molar-refractivity contribution >= 4 is 41.0 Å². The molecule has 0 bridgehead atoms. The van der Waals surface area contributed by atoms with Gasteiger partial charge in [-0.3, -0.25) is 14.4 Å². The third-order valence-electron chi connectivity index (χ3n) is 4.03. The number of benzene rings is 1. The Hall–Kier alpha value is -2.25. The van der Waals surface area contributed by atoms with Crippen molar-refractivity contribution in [1.29, 1.82) is 0 Å². The van der Waals surface area contributed by atoms with Crippen LogP contribution < -0.4 is 5.32 Å². The van der Waals surface area contributed by atoms with Crippen LogP contribution in [0.2, 0.25) is 10.0 Å². The van der Waals surface area contributed by atoms with E-state index in [-0.39, 0.29) is 18.7 Å². The zero-order valence-electron chi connectivity index (χ0n) is 14.2. The molecule has 1 aliphatic heterocycles. The smallest absolute Gasteiger partial charge is 0.322 e. The van der Waals surface area contributed by atoms with E-state index in [2.05, 4.69) is 5.32 Å². The van der Waals surface area contributed by atoms with E-state index in [1.165, 1.54) is 4.90 Å². The summed E-state index contributed by atoms with van der Waals surface area (Å²) in [7, 11) is 0. The lowest BCUT2D eigenvalue weighted by Gasteiger charge is -2.42. The minimum atomic E-state index is -1.25. The molecule has 1 aromatic rings. The molecule has 0 aromatic heterocycles. The molecule has 0 spiro atoms. The number of hydrogen-bond acceptors (Lipinski definition) is 4. The van der Waals surface area contributed by atoms with Gasteiger partial charge in [0.2, 0.25) is 0 Å². The molecule has 1 heterocycles. The van der Waals surface area contributed by atoms with Crippen molar-refractivity contribution in [1.82, 2.24) is 10.2 Å². The first-order chi connectivity index (χ1) is 12.0. The summed E-state index contributed by atoms with van der Waals surface area (Å²) in [5.41, 5.74) is -0.512. The highest BCUT2D eigenvalue weighted by molar-refractivity contribution is 6.42. The predicted octanol–water partition coefficient (Wildman–Crippen LogP) is 2.52. The van der Waals surface area contributed by atoms with Gasteiger partial charge in [0.15, 0.2) is 0 Å². The lowest BCUT2D eigenvalue weighted by Crippen LogP contribution is -2.53. The largest absolute Gasteiger partial charge is 0.511 e. The highest BCUT2D eigenvalue weighted by Gasteiger charge is 2.42. The van der Waals surface area contributed by atoms with Crippen molar-refractivity contribution in [3.8, 4) is 0 Å². The molecule has 1 aliphatic rings. The van der Waals surface area contributed by atoms with E-state index in [0.29, 0.717) is 15.6 Å². The molecule has 0 saturated heterocycles. The first-order valence-electron chi connectivity index (χ1n) is 7.71. The first kappa shape index (κ1) is 20.1. The van der Waals surface area contributed by atoms with Crippen LogP contribution in [-0.4, -0.2) is 45.0 Å². The maximum Gasteiger partial charge on any atom is 0.322 e. The molecular weight excluding hydrogens is 383 g/mol. The number of hydrogen-bond donors (Lipinski definition) is 3. The number of carbonyl (C=O) groups excluding carboxylic acids is 2. The van der Waals surface area contributed by atoms with Gasteiger partial charge in [-0.15, -0.1) is 0 Å². The van der Waals surface area contributed by atoms with Crippen molar-refractivity contribution in [2.75, 3.05) is 6.54 Å². The number of aliphatic carboxylic acids is 1. The Balaban J connectivity index is 2.31. The van der Waals surface area contributed by atoms with Gasteiger partial charge in [-0.05, 0) is 31.5 Å². The fourth-order valence-electron chi connectivity index (χ4n) is 2.71. The van der Waals surface area contributed by atoms with Crippen LogP contribution in [0, 0.1) is 0 Å². The normalized spacial score (nSPS) is 16.6. The van der Waals surface area contributed by atoms with Crippen LogP contribution in [0.3, 0.4) is 0 Å². The van der Waals surface area contributed by atoms with Crippen molar-refractivity contribution in [2.24, 2.45) is 0 Å².